The fraction of sp³-hybridized carbons (Fsp3) is 1.00. The van der Waals surface area contributed by atoms with Crippen molar-refractivity contribution in [2.24, 2.45) is 0 Å². The van der Waals surface area contributed by atoms with E-state index in [1.54, 1.807) is 14.2 Å². The summed E-state index contributed by atoms with van der Waals surface area (Å²) in [6.45, 7) is 8.46. The Labute approximate surface area is 163 Å². The summed E-state index contributed by atoms with van der Waals surface area (Å²) in [4.78, 5) is 0. The molecule has 0 rings (SSSR count). The van der Waals surface area contributed by atoms with E-state index in [4.69, 9.17) is 23.1 Å². The molecule has 0 aromatic rings. The number of hydrogen-bond acceptors (Lipinski definition) is 5. The average molecular weight is 393 g/mol. The Balaban J connectivity index is 3.11. The molecule has 158 valence electrons. The fourth-order valence-corrected chi connectivity index (χ4v) is 4.23. The van der Waals surface area contributed by atoms with Crippen molar-refractivity contribution in [1.82, 2.24) is 0 Å². The topological polar surface area (TPSA) is 46.2 Å². The maximum absolute atomic E-state index is 5.58. The van der Waals surface area contributed by atoms with Crippen molar-refractivity contribution in [2.75, 3.05) is 53.9 Å². The molecule has 0 bridgehead atoms. The summed E-state index contributed by atoms with van der Waals surface area (Å²) < 4.78 is 27.2. The van der Waals surface area contributed by atoms with Gasteiger partial charge in [-0.25, -0.2) is 0 Å². The monoisotopic (exact) mass is 392 g/mol. The first-order chi connectivity index (χ1) is 12.7. The summed E-state index contributed by atoms with van der Waals surface area (Å²) in [7, 11) is 1.72. The second-order valence-corrected chi connectivity index (χ2v) is 10.5. The zero-order valence-electron chi connectivity index (χ0n) is 17.9. The Kier molecular flexibility index (Phi) is 19.8. The average Bonchev–Trinajstić information content (AvgIpc) is 2.66. The van der Waals surface area contributed by atoms with Crippen LogP contribution in [0.25, 0.3) is 0 Å². The van der Waals surface area contributed by atoms with Crippen LogP contribution in [-0.4, -0.2) is 62.4 Å². The molecular weight excluding hydrogens is 348 g/mol. The van der Waals surface area contributed by atoms with Crippen molar-refractivity contribution in [3.63, 3.8) is 0 Å². The molecule has 26 heavy (non-hydrogen) atoms. The molecule has 0 saturated heterocycles. The molecule has 0 aromatic heterocycles. The lowest BCUT2D eigenvalue weighted by Crippen LogP contribution is -2.35. The summed E-state index contributed by atoms with van der Waals surface area (Å²) >= 11 is 0. The molecule has 0 aromatic carbocycles. The third-order valence-corrected chi connectivity index (χ3v) is 7.72. The molecular formula is C20H44O5Si. The van der Waals surface area contributed by atoms with Crippen molar-refractivity contribution >= 4 is 8.56 Å². The molecule has 0 saturated carbocycles. The zero-order chi connectivity index (χ0) is 19.3. The van der Waals surface area contributed by atoms with Gasteiger partial charge in [0.15, 0.2) is 0 Å². The number of ether oxygens (including phenoxy) is 3. The first-order valence-corrected chi connectivity index (χ1v) is 13.0. The maximum Gasteiger partial charge on any atom is 0.334 e. The van der Waals surface area contributed by atoms with E-state index in [2.05, 4.69) is 6.55 Å². The lowest BCUT2D eigenvalue weighted by atomic mass is 10.1. The highest BCUT2D eigenvalue weighted by atomic mass is 28.4. The third-order valence-electron chi connectivity index (χ3n) is 4.73. The number of unbranched alkanes of at least 4 members (excludes halogenated alkanes) is 8. The summed E-state index contributed by atoms with van der Waals surface area (Å²) in [6, 6.07) is 1.11. The second kappa shape index (κ2) is 19.8. The van der Waals surface area contributed by atoms with Gasteiger partial charge in [-0.1, -0.05) is 51.4 Å². The molecule has 0 heterocycles. The van der Waals surface area contributed by atoms with Crippen LogP contribution in [0.5, 0.6) is 0 Å². The van der Waals surface area contributed by atoms with E-state index in [1.807, 2.05) is 6.92 Å². The Hall–Kier alpha value is 0.0169. The molecule has 0 radical (unpaired) electrons. The first-order valence-electron chi connectivity index (χ1n) is 10.5. The minimum absolute atomic E-state index is 0.664. The van der Waals surface area contributed by atoms with Gasteiger partial charge in [-0.15, -0.1) is 0 Å². The highest BCUT2D eigenvalue weighted by Gasteiger charge is 2.27. The van der Waals surface area contributed by atoms with Crippen molar-refractivity contribution in [2.45, 2.75) is 77.3 Å². The van der Waals surface area contributed by atoms with E-state index in [-0.39, 0.29) is 0 Å². The minimum atomic E-state index is -1.83. The van der Waals surface area contributed by atoms with Gasteiger partial charge in [-0.05, 0) is 25.9 Å². The van der Waals surface area contributed by atoms with Gasteiger partial charge < -0.3 is 23.1 Å². The number of rotatable bonds is 21. The van der Waals surface area contributed by atoms with E-state index in [9.17, 15) is 0 Å². The molecule has 0 amide bonds. The Morgan fingerprint density at radius 1 is 0.538 bits per heavy atom. The Morgan fingerprint density at radius 2 is 0.962 bits per heavy atom. The normalized spacial score (nSPS) is 12.0. The predicted molar refractivity (Wildman–Crippen MR) is 110 cm³/mol. The second-order valence-electron chi connectivity index (χ2n) is 6.90. The molecule has 0 spiro atoms. The molecule has 0 N–H and O–H groups in total. The molecule has 0 unspecified atom stereocenters. The summed E-state index contributed by atoms with van der Waals surface area (Å²) in [5, 5.41) is 0. The van der Waals surface area contributed by atoms with Crippen LogP contribution in [0, 0.1) is 0 Å². The van der Waals surface area contributed by atoms with Crippen molar-refractivity contribution in [3.05, 3.63) is 0 Å². The van der Waals surface area contributed by atoms with Gasteiger partial charge in [0.1, 0.15) is 0 Å². The zero-order valence-corrected chi connectivity index (χ0v) is 18.9. The van der Waals surface area contributed by atoms with Crippen LogP contribution in [0.4, 0.5) is 0 Å². The van der Waals surface area contributed by atoms with Crippen LogP contribution in [0.1, 0.15) is 64.7 Å². The lowest BCUT2D eigenvalue weighted by Gasteiger charge is -2.22. The number of hydrogen-bond donors (Lipinski definition) is 0. The Bertz CT molecular complexity index is 275. The van der Waals surface area contributed by atoms with Crippen LogP contribution in [0.3, 0.4) is 0 Å². The van der Waals surface area contributed by atoms with Crippen LogP contribution >= 0.6 is 0 Å². The van der Waals surface area contributed by atoms with Gasteiger partial charge in [0.05, 0.1) is 26.4 Å². The van der Waals surface area contributed by atoms with Crippen LogP contribution in [0.15, 0.2) is 0 Å². The van der Waals surface area contributed by atoms with E-state index in [0.29, 0.717) is 26.4 Å². The van der Waals surface area contributed by atoms with Gasteiger partial charge in [0.2, 0.25) is 0 Å². The fourth-order valence-electron chi connectivity index (χ4n) is 2.76. The van der Waals surface area contributed by atoms with Crippen LogP contribution < -0.4 is 0 Å². The highest BCUT2D eigenvalue weighted by Crippen LogP contribution is 2.17. The molecule has 0 fully saturated rings. The van der Waals surface area contributed by atoms with Crippen molar-refractivity contribution in [3.8, 4) is 0 Å². The standard InChI is InChI=1S/C20H44O5Si/c1-5-23-16-17-25-19-18-24-15-13-11-9-7-6-8-10-12-14-20-26(4,21-2)22-3/h5-20H2,1-4H3. The molecule has 6 heteroatoms. The first kappa shape index (κ1) is 26.0. The van der Waals surface area contributed by atoms with E-state index in [1.165, 1.54) is 51.4 Å². The smallest absolute Gasteiger partial charge is 0.334 e. The summed E-state index contributed by atoms with van der Waals surface area (Å²) in [5.41, 5.74) is 0. The molecule has 0 aliphatic rings. The maximum atomic E-state index is 5.58. The van der Waals surface area contributed by atoms with Gasteiger partial charge in [-0.3, -0.25) is 0 Å². The van der Waals surface area contributed by atoms with E-state index >= 15 is 0 Å². The van der Waals surface area contributed by atoms with Gasteiger partial charge in [0, 0.05) is 27.4 Å². The van der Waals surface area contributed by atoms with Gasteiger partial charge in [-0.2, -0.15) is 0 Å². The van der Waals surface area contributed by atoms with Crippen molar-refractivity contribution in [1.29, 1.82) is 0 Å². The van der Waals surface area contributed by atoms with E-state index in [0.717, 1.165) is 25.7 Å². The van der Waals surface area contributed by atoms with Gasteiger partial charge >= 0.3 is 8.56 Å². The third kappa shape index (κ3) is 17.4. The predicted octanol–water partition coefficient (Wildman–Crippen LogP) is 4.93. The summed E-state index contributed by atoms with van der Waals surface area (Å²) in [6.07, 6.45) is 11.7. The van der Waals surface area contributed by atoms with Crippen LogP contribution in [0.2, 0.25) is 12.6 Å². The largest absolute Gasteiger partial charge is 0.398 e. The van der Waals surface area contributed by atoms with Crippen molar-refractivity contribution < 1.29 is 23.1 Å². The quantitative estimate of drug-likeness (QED) is 0.205. The lowest BCUT2D eigenvalue weighted by molar-refractivity contribution is 0.0162. The minimum Gasteiger partial charge on any atom is -0.398 e. The molecule has 0 aliphatic heterocycles. The highest BCUT2D eigenvalue weighted by molar-refractivity contribution is 6.65. The Morgan fingerprint density at radius 3 is 1.46 bits per heavy atom. The van der Waals surface area contributed by atoms with Crippen LogP contribution in [-0.2, 0) is 23.1 Å². The SMILES string of the molecule is CCOCCOCCOCCCCCCCCCCC[Si](C)(OC)OC. The van der Waals surface area contributed by atoms with E-state index < -0.39 is 8.56 Å². The molecule has 0 atom stereocenters. The van der Waals surface area contributed by atoms with Gasteiger partial charge in [0.25, 0.3) is 0 Å². The summed E-state index contributed by atoms with van der Waals surface area (Å²) in [5.74, 6) is 0. The molecule has 0 aliphatic carbocycles. The molecule has 5 nitrogen and oxygen atoms in total.